The number of piperidine rings is 1. The molecule has 1 atom stereocenters. The van der Waals surface area contributed by atoms with Gasteiger partial charge in [-0.15, -0.1) is 0 Å². The Morgan fingerprint density at radius 3 is 2.44 bits per heavy atom. The predicted octanol–water partition coefficient (Wildman–Crippen LogP) is 1.18. The average molecular weight is 392 g/mol. The highest BCUT2D eigenvalue weighted by atomic mass is 32.2. The minimum absolute atomic E-state index is 0.166. The SMILES string of the molecule is O=S1(=O)CCC(CN=C(NC2CC2)NC2CCN(c3ccccn3)CC2)C1. The van der Waals surface area contributed by atoms with Crippen molar-refractivity contribution < 1.29 is 8.42 Å². The highest BCUT2D eigenvalue weighted by Crippen LogP contribution is 2.21. The Balaban J connectivity index is 1.30. The van der Waals surface area contributed by atoms with Crippen LogP contribution in [0.5, 0.6) is 0 Å². The van der Waals surface area contributed by atoms with E-state index in [0.29, 0.717) is 24.4 Å². The number of aliphatic imine (C=N–C) groups is 1. The Labute approximate surface area is 161 Å². The van der Waals surface area contributed by atoms with Gasteiger partial charge in [0, 0.05) is 37.9 Å². The van der Waals surface area contributed by atoms with Gasteiger partial charge in [0.15, 0.2) is 15.8 Å². The number of aromatic nitrogens is 1. The van der Waals surface area contributed by atoms with E-state index in [2.05, 4.69) is 26.6 Å². The number of sulfone groups is 1. The molecule has 8 heteroatoms. The van der Waals surface area contributed by atoms with Gasteiger partial charge in [0.1, 0.15) is 5.82 Å². The van der Waals surface area contributed by atoms with E-state index in [-0.39, 0.29) is 11.7 Å². The van der Waals surface area contributed by atoms with Crippen LogP contribution in [0, 0.1) is 5.92 Å². The van der Waals surface area contributed by atoms with E-state index >= 15 is 0 Å². The fourth-order valence-corrected chi connectivity index (χ4v) is 5.63. The molecule has 148 valence electrons. The first-order valence-corrected chi connectivity index (χ1v) is 11.8. The van der Waals surface area contributed by atoms with Gasteiger partial charge in [-0.3, -0.25) is 4.99 Å². The van der Waals surface area contributed by atoms with Crippen LogP contribution >= 0.6 is 0 Å². The summed E-state index contributed by atoms with van der Waals surface area (Å²) in [7, 11) is -2.84. The highest BCUT2D eigenvalue weighted by molar-refractivity contribution is 7.91. The van der Waals surface area contributed by atoms with Crippen molar-refractivity contribution in [2.24, 2.45) is 10.9 Å². The van der Waals surface area contributed by atoms with Gasteiger partial charge in [0.25, 0.3) is 0 Å². The standard InChI is InChI=1S/C19H29N5O2S/c25-27(26)12-8-15(14-27)13-21-19(22-16-4-5-16)23-17-6-10-24(11-7-17)18-3-1-2-9-20-18/h1-3,9,15-17H,4-8,10-14H2,(H2,21,22,23). The molecule has 3 heterocycles. The molecule has 3 aliphatic rings. The van der Waals surface area contributed by atoms with Crippen LogP contribution in [0.3, 0.4) is 0 Å². The molecular formula is C19H29N5O2S. The maximum Gasteiger partial charge on any atom is 0.191 e. The summed E-state index contributed by atoms with van der Waals surface area (Å²) in [5, 5.41) is 7.08. The molecule has 1 aromatic heterocycles. The predicted molar refractivity (Wildman–Crippen MR) is 108 cm³/mol. The molecule has 7 nitrogen and oxygen atoms in total. The van der Waals surface area contributed by atoms with Gasteiger partial charge < -0.3 is 15.5 Å². The van der Waals surface area contributed by atoms with Crippen LogP contribution in [0.1, 0.15) is 32.1 Å². The van der Waals surface area contributed by atoms with Crippen LogP contribution in [-0.4, -0.2) is 62.6 Å². The number of hydrogen-bond acceptors (Lipinski definition) is 5. The normalized spacial score (nSPS) is 26.1. The maximum absolute atomic E-state index is 11.6. The van der Waals surface area contributed by atoms with Crippen molar-refractivity contribution in [3.8, 4) is 0 Å². The molecule has 3 fully saturated rings. The summed E-state index contributed by atoms with van der Waals surface area (Å²) in [4.78, 5) is 11.5. The lowest BCUT2D eigenvalue weighted by molar-refractivity contribution is 0.458. The van der Waals surface area contributed by atoms with Crippen molar-refractivity contribution in [2.45, 2.75) is 44.2 Å². The van der Waals surface area contributed by atoms with Crippen molar-refractivity contribution in [1.29, 1.82) is 0 Å². The van der Waals surface area contributed by atoms with Crippen molar-refractivity contribution in [2.75, 3.05) is 36.0 Å². The third-order valence-electron chi connectivity index (χ3n) is 5.56. The highest BCUT2D eigenvalue weighted by Gasteiger charge is 2.29. The second kappa shape index (κ2) is 8.04. The fraction of sp³-hybridized carbons (Fsp3) is 0.684. The second-order valence-electron chi connectivity index (χ2n) is 7.97. The molecule has 1 aromatic rings. The second-order valence-corrected chi connectivity index (χ2v) is 10.2. The van der Waals surface area contributed by atoms with Crippen molar-refractivity contribution >= 4 is 21.6 Å². The van der Waals surface area contributed by atoms with E-state index in [0.717, 1.165) is 44.1 Å². The average Bonchev–Trinajstić information content (AvgIpc) is 3.42. The summed E-state index contributed by atoms with van der Waals surface area (Å²) < 4.78 is 23.3. The number of guanidine groups is 1. The summed E-state index contributed by atoms with van der Waals surface area (Å²) in [6.07, 6.45) is 7.05. The number of pyridine rings is 1. The topological polar surface area (TPSA) is 86.7 Å². The van der Waals surface area contributed by atoms with E-state index in [1.165, 1.54) is 12.8 Å². The van der Waals surface area contributed by atoms with Crippen LogP contribution in [-0.2, 0) is 9.84 Å². The molecule has 0 aromatic carbocycles. The lowest BCUT2D eigenvalue weighted by atomic mass is 10.1. The van der Waals surface area contributed by atoms with Crippen LogP contribution in [0.4, 0.5) is 5.82 Å². The first kappa shape index (κ1) is 18.5. The fourth-order valence-electron chi connectivity index (χ4n) is 3.78. The molecule has 1 saturated carbocycles. The molecule has 0 bridgehead atoms. The molecule has 1 unspecified atom stereocenters. The van der Waals surface area contributed by atoms with Gasteiger partial charge in [-0.25, -0.2) is 13.4 Å². The Kier molecular flexibility index (Phi) is 5.52. The van der Waals surface area contributed by atoms with Gasteiger partial charge in [-0.1, -0.05) is 6.07 Å². The van der Waals surface area contributed by atoms with Gasteiger partial charge in [-0.05, 0) is 50.2 Å². The molecule has 2 N–H and O–H groups in total. The molecule has 2 aliphatic heterocycles. The zero-order valence-electron chi connectivity index (χ0n) is 15.7. The zero-order chi connectivity index (χ0) is 18.7. The quantitative estimate of drug-likeness (QED) is 0.579. The minimum Gasteiger partial charge on any atom is -0.356 e. The van der Waals surface area contributed by atoms with Crippen LogP contribution in [0.15, 0.2) is 29.4 Å². The number of nitrogens with one attached hydrogen (secondary N) is 2. The van der Waals surface area contributed by atoms with Crippen LogP contribution in [0.2, 0.25) is 0 Å². The van der Waals surface area contributed by atoms with Gasteiger partial charge in [0.05, 0.1) is 11.5 Å². The third-order valence-corrected chi connectivity index (χ3v) is 7.40. The van der Waals surface area contributed by atoms with Gasteiger partial charge in [-0.2, -0.15) is 0 Å². The van der Waals surface area contributed by atoms with Crippen molar-refractivity contribution in [1.82, 2.24) is 15.6 Å². The Morgan fingerprint density at radius 1 is 1.11 bits per heavy atom. The molecule has 0 spiro atoms. The number of rotatable bonds is 5. The van der Waals surface area contributed by atoms with E-state index in [4.69, 9.17) is 4.99 Å². The Bertz CT molecular complexity index is 756. The Morgan fingerprint density at radius 2 is 1.85 bits per heavy atom. The van der Waals surface area contributed by atoms with E-state index < -0.39 is 9.84 Å². The molecular weight excluding hydrogens is 362 g/mol. The molecule has 27 heavy (non-hydrogen) atoms. The van der Waals surface area contributed by atoms with E-state index in [1.807, 2.05) is 18.3 Å². The van der Waals surface area contributed by atoms with Crippen molar-refractivity contribution in [3.63, 3.8) is 0 Å². The summed E-state index contributed by atoms with van der Waals surface area (Å²) in [6.45, 7) is 2.55. The molecule has 0 amide bonds. The molecule has 0 radical (unpaired) electrons. The van der Waals surface area contributed by atoms with Crippen LogP contribution in [0.25, 0.3) is 0 Å². The van der Waals surface area contributed by atoms with Gasteiger partial charge in [0.2, 0.25) is 0 Å². The third kappa shape index (κ3) is 5.34. The lowest BCUT2D eigenvalue weighted by Gasteiger charge is -2.33. The van der Waals surface area contributed by atoms with E-state index in [9.17, 15) is 8.42 Å². The number of anilines is 1. The molecule has 2 saturated heterocycles. The number of nitrogens with zero attached hydrogens (tertiary/aromatic N) is 3. The molecule has 4 rings (SSSR count). The number of hydrogen-bond donors (Lipinski definition) is 2. The lowest BCUT2D eigenvalue weighted by Crippen LogP contribution is -2.49. The summed E-state index contributed by atoms with van der Waals surface area (Å²) >= 11 is 0. The smallest absolute Gasteiger partial charge is 0.191 e. The first-order chi connectivity index (χ1) is 13.1. The zero-order valence-corrected chi connectivity index (χ0v) is 16.5. The summed E-state index contributed by atoms with van der Waals surface area (Å²) in [5.74, 6) is 2.67. The monoisotopic (exact) mass is 391 g/mol. The molecule has 1 aliphatic carbocycles. The van der Waals surface area contributed by atoms with Crippen molar-refractivity contribution in [3.05, 3.63) is 24.4 Å². The summed E-state index contributed by atoms with van der Waals surface area (Å²) in [5.41, 5.74) is 0. The van der Waals surface area contributed by atoms with E-state index in [1.54, 1.807) is 0 Å². The van der Waals surface area contributed by atoms with Crippen LogP contribution < -0.4 is 15.5 Å². The maximum atomic E-state index is 11.6. The summed E-state index contributed by atoms with van der Waals surface area (Å²) in [6, 6.07) is 6.95. The first-order valence-electron chi connectivity index (χ1n) is 10.0. The Hall–Kier alpha value is -1.83. The minimum atomic E-state index is -2.84. The largest absolute Gasteiger partial charge is 0.356 e. The van der Waals surface area contributed by atoms with Gasteiger partial charge >= 0.3 is 0 Å².